The van der Waals surface area contributed by atoms with Crippen LogP contribution in [0.3, 0.4) is 0 Å². The van der Waals surface area contributed by atoms with E-state index in [0.29, 0.717) is 18.5 Å². The van der Waals surface area contributed by atoms with Crippen molar-refractivity contribution in [2.75, 3.05) is 25.1 Å². The van der Waals surface area contributed by atoms with Crippen molar-refractivity contribution < 1.29 is 19.0 Å². The fraction of sp³-hybridized carbons (Fsp3) is 0.550. The number of anilines is 1. The van der Waals surface area contributed by atoms with Gasteiger partial charge in [0.1, 0.15) is 17.3 Å². The van der Waals surface area contributed by atoms with E-state index in [9.17, 15) is 19.5 Å². The van der Waals surface area contributed by atoms with Gasteiger partial charge in [0, 0.05) is 30.6 Å². The number of aromatic nitrogens is 2. The zero-order valence-electron chi connectivity index (χ0n) is 16.2. The number of halogens is 1. The maximum absolute atomic E-state index is 15.5. The molecule has 8 nitrogen and oxygen atoms in total. The Labute approximate surface area is 164 Å². The van der Waals surface area contributed by atoms with Gasteiger partial charge in [-0.25, -0.2) is 9.18 Å². The number of nitrogens with one attached hydrogen (secondary N) is 1. The lowest BCUT2D eigenvalue weighted by molar-refractivity contribution is -0.127. The number of hydrogen-bond donors (Lipinski definition) is 2. The first-order valence-corrected chi connectivity index (χ1v) is 9.84. The van der Waals surface area contributed by atoms with Crippen molar-refractivity contribution in [3.8, 4) is 5.75 Å². The van der Waals surface area contributed by atoms with Gasteiger partial charge in [-0.15, -0.1) is 0 Å². The van der Waals surface area contributed by atoms with Crippen LogP contribution >= 0.6 is 0 Å². The second-order valence-electron chi connectivity index (χ2n) is 8.33. The fourth-order valence-corrected chi connectivity index (χ4v) is 5.04. The quantitative estimate of drug-likeness (QED) is 0.788. The molecule has 5 rings (SSSR count). The van der Waals surface area contributed by atoms with Gasteiger partial charge in [0.05, 0.1) is 12.5 Å². The highest BCUT2D eigenvalue weighted by atomic mass is 19.1. The number of ketones is 1. The average Bonchev–Trinajstić information content (AvgIpc) is 3.37. The molecule has 1 aromatic carbocycles. The summed E-state index contributed by atoms with van der Waals surface area (Å²) >= 11 is 0. The van der Waals surface area contributed by atoms with Gasteiger partial charge in [0.15, 0.2) is 17.3 Å². The van der Waals surface area contributed by atoms with Crippen molar-refractivity contribution in [3.05, 3.63) is 32.2 Å². The molecule has 2 N–H and O–H groups in total. The third kappa shape index (κ3) is 2.49. The van der Waals surface area contributed by atoms with E-state index in [1.165, 1.54) is 18.6 Å². The first-order chi connectivity index (χ1) is 13.8. The molecule has 3 fully saturated rings. The van der Waals surface area contributed by atoms with Crippen LogP contribution in [0.4, 0.5) is 10.1 Å². The van der Waals surface area contributed by atoms with Crippen LogP contribution in [0.5, 0.6) is 5.75 Å². The van der Waals surface area contributed by atoms with Crippen LogP contribution in [0.1, 0.15) is 30.9 Å². The maximum Gasteiger partial charge on any atom is 0.329 e. The summed E-state index contributed by atoms with van der Waals surface area (Å²) in [5.41, 5.74) is -0.541. The zero-order valence-corrected chi connectivity index (χ0v) is 16.2. The largest absolute Gasteiger partial charge is 0.492 e. The van der Waals surface area contributed by atoms with E-state index < -0.39 is 23.2 Å². The number of H-pyrrole nitrogens is 1. The first-order valence-electron chi connectivity index (χ1n) is 9.84. The Kier molecular flexibility index (Phi) is 3.90. The molecule has 2 saturated carbocycles. The number of aliphatic hydroxyl groups excluding tert-OH is 1. The Bertz CT molecular complexity index is 1170. The highest BCUT2D eigenvalue weighted by molar-refractivity contribution is 5.94. The summed E-state index contributed by atoms with van der Waals surface area (Å²) < 4.78 is 22.6. The number of carbonyl (C=O) groups is 1. The molecule has 1 aromatic heterocycles. The molecular weight excluding hydrogens is 381 g/mol. The number of fused-ring (bicyclic) bond motifs is 2. The average molecular weight is 403 g/mol. The number of Topliss-reactive ketones (excluding diaryl/α,β-unsaturated/α-hetero) is 1. The van der Waals surface area contributed by atoms with Gasteiger partial charge in [-0.3, -0.25) is 19.1 Å². The topological polar surface area (TPSA) is 105 Å². The van der Waals surface area contributed by atoms with Gasteiger partial charge in [-0.1, -0.05) is 0 Å². The van der Waals surface area contributed by atoms with E-state index in [1.54, 1.807) is 4.90 Å². The third-order valence-corrected chi connectivity index (χ3v) is 6.58. The summed E-state index contributed by atoms with van der Waals surface area (Å²) in [6, 6.07) is -0.0526. The number of aliphatic hydroxyl groups is 1. The predicted molar refractivity (Wildman–Crippen MR) is 103 cm³/mol. The second-order valence-corrected chi connectivity index (χ2v) is 8.33. The smallest absolute Gasteiger partial charge is 0.329 e. The second kappa shape index (κ2) is 6.16. The van der Waals surface area contributed by atoms with E-state index in [0.717, 1.165) is 12.8 Å². The molecule has 3 atom stereocenters. The van der Waals surface area contributed by atoms with Crippen molar-refractivity contribution in [1.82, 2.24) is 9.55 Å². The molecule has 1 saturated heterocycles. The number of aromatic amines is 1. The summed E-state index contributed by atoms with van der Waals surface area (Å²) in [6.45, 7) is 2.20. The lowest BCUT2D eigenvalue weighted by atomic mass is 10.0. The Morgan fingerprint density at radius 1 is 1.21 bits per heavy atom. The Morgan fingerprint density at radius 3 is 2.55 bits per heavy atom. The van der Waals surface area contributed by atoms with Crippen LogP contribution in [0, 0.1) is 24.6 Å². The number of carbonyl (C=O) groups excluding carboxylic acids is 1. The van der Waals surface area contributed by atoms with Gasteiger partial charge >= 0.3 is 5.69 Å². The van der Waals surface area contributed by atoms with Crippen molar-refractivity contribution in [1.29, 1.82) is 0 Å². The van der Waals surface area contributed by atoms with E-state index in [4.69, 9.17) is 4.74 Å². The standard InChI is InChI=1S/C20H22FN3O5/c1-8-13-15(24(10-3-4-10)20(28)22-19(13)27)18(29-2)16(14(8)21)23-6-9-5-12(25)17(26)11(9)7-23/h9-12,25H,3-7H2,1-2H3,(H,22,27,28). The Morgan fingerprint density at radius 2 is 1.93 bits per heavy atom. The number of aryl methyl sites for hydroxylation is 1. The number of methoxy groups -OCH3 is 1. The van der Waals surface area contributed by atoms with Crippen LogP contribution in [0.25, 0.3) is 10.9 Å². The highest BCUT2D eigenvalue weighted by Crippen LogP contribution is 2.46. The monoisotopic (exact) mass is 403 g/mol. The third-order valence-electron chi connectivity index (χ3n) is 6.58. The van der Waals surface area contributed by atoms with Gasteiger partial charge in [0.25, 0.3) is 5.56 Å². The molecule has 154 valence electrons. The molecule has 0 bridgehead atoms. The highest BCUT2D eigenvalue weighted by Gasteiger charge is 2.48. The zero-order chi connectivity index (χ0) is 20.6. The van der Waals surface area contributed by atoms with Gasteiger partial charge in [-0.05, 0) is 32.1 Å². The van der Waals surface area contributed by atoms with Crippen molar-refractivity contribution in [2.45, 2.75) is 38.3 Å². The first kappa shape index (κ1) is 18.4. The van der Waals surface area contributed by atoms with E-state index >= 15 is 4.39 Å². The molecule has 1 aliphatic heterocycles. The minimum Gasteiger partial charge on any atom is -0.492 e. The molecule has 0 spiro atoms. The number of benzene rings is 1. The van der Waals surface area contributed by atoms with Gasteiger partial charge in [-0.2, -0.15) is 0 Å². The van der Waals surface area contributed by atoms with Crippen LogP contribution in [-0.4, -0.2) is 46.7 Å². The molecular formula is C20H22FN3O5. The minimum absolute atomic E-state index is 0.0526. The molecule has 3 unspecified atom stereocenters. The predicted octanol–water partition coefficient (Wildman–Crippen LogP) is 0.867. The molecule has 9 heteroatoms. The van der Waals surface area contributed by atoms with Crippen LogP contribution in [-0.2, 0) is 4.79 Å². The Hall–Kier alpha value is -2.68. The van der Waals surface area contributed by atoms with Crippen LogP contribution < -0.4 is 20.9 Å². The van der Waals surface area contributed by atoms with E-state index in [-0.39, 0.29) is 52.6 Å². The molecule has 2 heterocycles. The number of ether oxygens (including phenoxy) is 1. The molecule has 2 aliphatic carbocycles. The SMILES string of the molecule is COc1c(N2CC3CC(O)C(=O)C3C2)c(F)c(C)c2c(=O)[nH]c(=O)n(C3CC3)c12. The minimum atomic E-state index is -0.948. The summed E-state index contributed by atoms with van der Waals surface area (Å²) in [7, 11) is 1.39. The summed E-state index contributed by atoms with van der Waals surface area (Å²) in [6.07, 6.45) is 1.02. The normalized spacial score (nSPS) is 26.4. The molecule has 2 aromatic rings. The molecule has 0 radical (unpaired) electrons. The molecule has 0 amide bonds. The van der Waals surface area contributed by atoms with E-state index in [2.05, 4.69) is 4.98 Å². The lowest BCUT2D eigenvalue weighted by Gasteiger charge is -2.26. The van der Waals surface area contributed by atoms with Crippen molar-refractivity contribution in [2.24, 2.45) is 11.8 Å². The van der Waals surface area contributed by atoms with Gasteiger partial charge in [0.2, 0.25) is 0 Å². The van der Waals surface area contributed by atoms with Crippen molar-refractivity contribution >= 4 is 22.4 Å². The summed E-state index contributed by atoms with van der Waals surface area (Å²) in [5.74, 6) is -1.06. The maximum atomic E-state index is 15.5. The molecule has 29 heavy (non-hydrogen) atoms. The number of rotatable bonds is 3. The Balaban J connectivity index is 1.76. The summed E-state index contributed by atoms with van der Waals surface area (Å²) in [5, 5.41) is 9.94. The lowest BCUT2D eigenvalue weighted by Crippen LogP contribution is -2.32. The number of nitrogens with zero attached hydrogens (tertiary/aromatic N) is 2. The summed E-state index contributed by atoms with van der Waals surface area (Å²) in [4.78, 5) is 41.4. The number of hydrogen-bond acceptors (Lipinski definition) is 6. The fourth-order valence-electron chi connectivity index (χ4n) is 5.04. The molecule has 3 aliphatic rings. The van der Waals surface area contributed by atoms with Crippen LogP contribution in [0.2, 0.25) is 0 Å². The van der Waals surface area contributed by atoms with Crippen LogP contribution in [0.15, 0.2) is 9.59 Å². The van der Waals surface area contributed by atoms with E-state index in [1.807, 2.05) is 0 Å². The van der Waals surface area contributed by atoms with Gasteiger partial charge < -0.3 is 14.7 Å². The van der Waals surface area contributed by atoms with Crippen molar-refractivity contribution in [3.63, 3.8) is 0 Å².